The Morgan fingerprint density at radius 2 is 1.66 bits per heavy atom. The topological polar surface area (TPSA) is 46.5 Å². The van der Waals surface area contributed by atoms with Gasteiger partial charge in [0.2, 0.25) is 0 Å². The lowest BCUT2D eigenvalue weighted by Crippen LogP contribution is -2.19. The number of halogens is 2. The van der Waals surface area contributed by atoms with E-state index in [1.54, 1.807) is 0 Å². The molecular formula is C29H39Cl2NO2S. The van der Waals surface area contributed by atoms with E-state index in [1.807, 2.05) is 6.21 Å². The third-order valence-electron chi connectivity index (χ3n) is 6.43. The van der Waals surface area contributed by atoms with Crippen LogP contribution in [0.1, 0.15) is 74.8 Å². The van der Waals surface area contributed by atoms with E-state index >= 15 is 0 Å². The minimum Gasteiger partial charge on any atom is -0.266 e. The lowest BCUT2D eigenvalue weighted by atomic mass is 9.76. The predicted molar refractivity (Wildman–Crippen MR) is 153 cm³/mol. The monoisotopic (exact) mass is 535 g/mol. The Hall–Kier alpha value is -1.62. The Balaban J connectivity index is 0.000000784. The van der Waals surface area contributed by atoms with Gasteiger partial charge in [-0.15, -0.1) is 11.6 Å². The van der Waals surface area contributed by atoms with Crippen LogP contribution in [0.2, 0.25) is 5.02 Å². The highest BCUT2D eigenvalue weighted by Gasteiger charge is 2.25. The van der Waals surface area contributed by atoms with Crippen LogP contribution in [0.25, 0.3) is 0 Å². The second-order valence-corrected chi connectivity index (χ2v) is 13.0. The lowest BCUT2D eigenvalue weighted by Gasteiger charge is -2.28. The molecule has 35 heavy (non-hydrogen) atoms. The third kappa shape index (κ3) is 9.08. The molecule has 3 nitrogen and oxygen atoms in total. The summed E-state index contributed by atoms with van der Waals surface area (Å²) in [6.45, 7) is 8.89. The summed E-state index contributed by atoms with van der Waals surface area (Å²) >= 11 is 12.6. The van der Waals surface area contributed by atoms with E-state index in [4.69, 9.17) is 23.2 Å². The fourth-order valence-corrected chi connectivity index (χ4v) is 4.75. The molecule has 0 N–H and O–H groups in total. The maximum atomic E-state index is 9.63. The van der Waals surface area contributed by atoms with Gasteiger partial charge in [-0.2, -0.15) is 0 Å². The fourth-order valence-electron chi connectivity index (χ4n) is 4.23. The van der Waals surface area contributed by atoms with Crippen molar-refractivity contribution in [1.29, 1.82) is 0 Å². The zero-order chi connectivity index (χ0) is 26.2. The number of alkyl halides is 1. The number of hydrogen-bond acceptors (Lipinski definition) is 3. The average molecular weight is 537 g/mol. The van der Waals surface area contributed by atoms with Gasteiger partial charge in [0.05, 0.1) is 0 Å². The predicted octanol–water partition coefficient (Wildman–Crippen LogP) is 7.74. The van der Waals surface area contributed by atoms with E-state index in [2.05, 4.69) is 69.1 Å². The zero-order valence-corrected chi connectivity index (χ0v) is 24.2. The smallest absolute Gasteiger partial charge is 0.144 e. The summed E-state index contributed by atoms with van der Waals surface area (Å²) in [5, 5.41) is 0.896. The van der Waals surface area contributed by atoms with E-state index in [0.717, 1.165) is 56.1 Å². The number of aliphatic imine (C=N–C) groups is 1. The van der Waals surface area contributed by atoms with Crippen LogP contribution in [-0.4, -0.2) is 33.0 Å². The highest BCUT2D eigenvalue weighted by molar-refractivity contribution is 7.89. The third-order valence-corrected chi connectivity index (χ3v) is 7.03. The minimum absolute atomic E-state index is 0.105. The first-order valence-corrected chi connectivity index (χ1v) is 15.4. The maximum absolute atomic E-state index is 9.63. The van der Waals surface area contributed by atoms with E-state index in [0.29, 0.717) is 5.88 Å². The second kappa shape index (κ2) is 13.1. The summed E-state index contributed by atoms with van der Waals surface area (Å²) in [4.78, 5) is 4.40. The van der Waals surface area contributed by atoms with Gasteiger partial charge < -0.3 is 0 Å². The average Bonchev–Trinajstić information content (AvgIpc) is 3.18. The highest BCUT2D eigenvalue weighted by Crippen LogP contribution is 2.36. The summed E-state index contributed by atoms with van der Waals surface area (Å²) in [5.41, 5.74) is 9.08. The molecule has 0 radical (unpaired) electrons. The number of allylic oxidation sites excluding steroid dienone is 2. The van der Waals surface area contributed by atoms with Crippen molar-refractivity contribution >= 4 is 39.3 Å². The molecule has 1 aliphatic rings. The SMILES string of the molecule is CCc1cc(C(C)(C)c2ccc(CC3=C(C)N=CC3)cc2)cc(Cl)c1CCCCCl.CS(C)(=O)=O. The van der Waals surface area contributed by atoms with Gasteiger partial charge in [-0.25, -0.2) is 8.42 Å². The van der Waals surface area contributed by atoms with Crippen LogP contribution in [0.5, 0.6) is 0 Å². The van der Waals surface area contributed by atoms with Gasteiger partial charge in [0.1, 0.15) is 9.84 Å². The molecule has 192 valence electrons. The number of hydrogen-bond donors (Lipinski definition) is 0. The second-order valence-electron chi connectivity index (χ2n) is 9.94. The Kier molecular flexibility index (Phi) is 11.1. The van der Waals surface area contributed by atoms with E-state index < -0.39 is 9.84 Å². The number of nitrogens with zero attached hydrogens (tertiary/aromatic N) is 1. The number of rotatable bonds is 9. The number of benzene rings is 2. The molecule has 1 aliphatic heterocycles. The first kappa shape index (κ1) is 29.6. The Morgan fingerprint density at radius 1 is 1.03 bits per heavy atom. The molecular weight excluding hydrogens is 497 g/mol. The number of sulfone groups is 1. The molecule has 2 aromatic rings. The van der Waals surface area contributed by atoms with Crippen LogP contribution >= 0.6 is 23.2 Å². The van der Waals surface area contributed by atoms with Crippen molar-refractivity contribution < 1.29 is 8.42 Å². The summed E-state index contributed by atoms with van der Waals surface area (Å²) in [5.74, 6) is 0.712. The number of aryl methyl sites for hydroxylation is 1. The molecule has 0 saturated carbocycles. The highest BCUT2D eigenvalue weighted by atomic mass is 35.5. The Labute approximate surface area is 222 Å². The summed E-state index contributed by atoms with van der Waals surface area (Å²) < 4.78 is 19.3. The zero-order valence-electron chi connectivity index (χ0n) is 21.9. The molecule has 1 heterocycles. The molecule has 0 atom stereocenters. The van der Waals surface area contributed by atoms with E-state index in [9.17, 15) is 8.42 Å². The van der Waals surface area contributed by atoms with Crippen molar-refractivity contribution in [2.75, 3.05) is 18.4 Å². The van der Waals surface area contributed by atoms with E-state index in [-0.39, 0.29) is 5.41 Å². The van der Waals surface area contributed by atoms with Crippen molar-refractivity contribution in [2.24, 2.45) is 4.99 Å². The van der Waals surface area contributed by atoms with Gasteiger partial charge in [-0.1, -0.05) is 62.7 Å². The standard InChI is InChI=1S/C27H33Cl2N.C2H6O2S/c1-5-21-17-24(18-26(29)25(21)8-6-7-14-28)27(3,4)23-11-9-20(10-12-23)16-22-13-15-30-19(22)2;1-5(2,3)4/h9-12,15,17-18H,5-8,13-14,16H2,1-4H3;1-2H3. The van der Waals surface area contributed by atoms with Crippen molar-refractivity contribution in [1.82, 2.24) is 0 Å². The van der Waals surface area contributed by atoms with Gasteiger partial charge in [-0.05, 0) is 78.5 Å². The van der Waals surface area contributed by atoms with Crippen molar-refractivity contribution in [3.05, 3.63) is 80.5 Å². The summed E-state index contributed by atoms with van der Waals surface area (Å²) in [6, 6.07) is 13.6. The van der Waals surface area contributed by atoms with E-state index in [1.165, 1.54) is 39.1 Å². The molecule has 3 rings (SSSR count). The Morgan fingerprint density at radius 3 is 2.17 bits per heavy atom. The molecule has 0 aromatic heterocycles. The van der Waals surface area contributed by atoms with Crippen LogP contribution in [0.3, 0.4) is 0 Å². The maximum Gasteiger partial charge on any atom is 0.144 e. The molecule has 6 heteroatoms. The summed E-state index contributed by atoms with van der Waals surface area (Å²) in [7, 11) is -2.67. The van der Waals surface area contributed by atoms with Gasteiger partial charge in [-0.3, -0.25) is 4.99 Å². The quantitative estimate of drug-likeness (QED) is 0.243. The first-order valence-electron chi connectivity index (χ1n) is 12.2. The normalized spacial score (nSPS) is 13.7. The van der Waals surface area contributed by atoms with Crippen LogP contribution in [-0.2, 0) is 34.5 Å². The molecule has 0 fully saturated rings. The van der Waals surface area contributed by atoms with Crippen molar-refractivity contribution in [3.63, 3.8) is 0 Å². The fraction of sp³-hybridized carbons (Fsp3) is 0.483. The van der Waals surface area contributed by atoms with Crippen LogP contribution < -0.4 is 0 Å². The molecule has 0 aliphatic carbocycles. The van der Waals surface area contributed by atoms with Crippen molar-refractivity contribution in [3.8, 4) is 0 Å². The first-order chi connectivity index (χ1) is 16.4. The molecule has 0 bridgehead atoms. The Bertz CT molecular complexity index is 1160. The summed E-state index contributed by atoms with van der Waals surface area (Å²) in [6.07, 6.45) is 10.4. The van der Waals surface area contributed by atoms with Crippen LogP contribution in [0.15, 0.2) is 52.7 Å². The van der Waals surface area contributed by atoms with Crippen LogP contribution in [0.4, 0.5) is 0 Å². The molecule has 2 aromatic carbocycles. The molecule has 0 amide bonds. The van der Waals surface area contributed by atoms with Crippen molar-refractivity contribution in [2.45, 2.75) is 71.6 Å². The molecule has 0 unspecified atom stereocenters. The largest absolute Gasteiger partial charge is 0.266 e. The van der Waals surface area contributed by atoms with Crippen LogP contribution in [0, 0.1) is 0 Å². The molecule has 0 saturated heterocycles. The number of unbranched alkanes of at least 4 members (excludes halogenated alkanes) is 1. The van der Waals surface area contributed by atoms with Gasteiger partial charge in [0, 0.05) is 47.2 Å². The lowest BCUT2D eigenvalue weighted by molar-refractivity contribution is 0.607. The van der Waals surface area contributed by atoms with Gasteiger partial charge in [0.25, 0.3) is 0 Å². The van der Waals surface area contributed by atoms with Gasteiger partial charge in [0.15, 0.2) is 0 Å². The molecule has 0 spiro atoms. The van der Waals surface area contributed by atoms with Gasteiger partial charge >= 0.3 is 0 Å². The minimum atomic E-state index is -2.67.